The van der Waals surface area contributed by atoms with Crippen molar-refractivity contribution in [2.45, 2.75) is 25.7 Å². The van der Waals surface area contributed by atoms with Crippen LogP contribution in [0.1, 0.15) is 25.7 Å². The molecule has 134 valence electrons. The number of piperidine rings is 2. The zero-order chi connectivity index (χ0) is 16.1. The monoisotopic (exact) mass is 415 g/mol. The first-order valence-electron chi connectivity index (χ1n) is 8.71. The van der Waals surface area contributed by atoms with E-state index in [0.29, 0.717) is 0 Å². The summed E-state index contributed by atoms with van der Waals surface area (Å²) in [5, 5.41) is 6.49. The highest BCUT2D eigenvalue weighted by molar-refractivity contribution is 9.10. The van der Waals surface area contributed by atoms with Crippen LogP contribution in [0.3, 0.4) is 0 Å². The number of likely N-dealkylation sites (tertiary alicyclic amines) is 1. The molecule has 2 heterocycles. The van der Waals surface area contributed by atoms with E-state index in [0.717, 1.165) is 55.1 Å². The van der Waals surface area contributed by atoms with E-state index in [1.807, 2.05) is 24.3 Å². The van der Waals surface area contributed by atoms with E-state index in [2.05, 4.69) is 31.5 Å². The van der Waals surface area contributed by atoms with Gasteiger partial charge in [0.1, 0.15) is 0 Å². The Kier molecular flexibility index (Phi) is 8.01. The van der Waals surface area contributed by atoms with Crippen LogP contribution in [0.25, 0.3) is 0 Å². The van der Waals surface area contributed by atoms with Gasteiger partial charge in [-0.1, -0.05) is 12.1 Å². The lowest BCUT2D eigenvalue weighted by Gasteiger charge is -2.35. The summed E-state index contributed by atoms with van der Waals surface area (Å²) in [5.41, 5.74) is 0.870. The number of carbonyl (C=O) groups excluding carboxylic acids is 1. The van der Waals surface area contributed by atoms with E-state index in [1.54, 1.807) is 0 Å². The van der Waals surface area contributed by atoms with Crippen molar-refractivity contribution in [3.8, 4) is 0 Å². The Bertz CT molecular complexity index is 529. The van der Waals surface area contributed by atoms with Gasteiger partial charge >= 0.3 is 0 Å². The molecule has 0 spiro atoms. The van der Waals surface area contributed by atoms with Gasteiger partial charge in [0, 0.05) is 16.9 Å². The molecular formula is C18H27BrClN3O. The first kappa shape index (κ1) is 19.7. The number of hydrogen-bond donors (Lipinski definition) is 2. The zero-order valence-corrected chi connectivity index (χ0v) is 16.4. The minimum absolute atomic E-state index is 0. The van der Waals surface area contributed by atoms with Crippen LogP contribution < -0.4 is 10.6 Å². The molecule has 1 amide bonds. The lowest BCUT2D eigenvalue weighted by atomic mass is 9.93. The number of anilines is 1. The Balaban J connectivity index is 0.00000208. The normalized spacial score (nSPS) is 20.4. The van der Waals surface area contributed by atoms with Crippen LogP contribution in [-0.2, 0) is 4.79 Å². The lowest BCUT2D eigenvalue weighted by molar-refractivity contribution is -0.121. The van der Waals surface area contributed by atoms with Crippen molar-refractivity contribution in [2.75, 3.05) is 38.0 Å². The maximum atomic E-state index is 12.5. The van der Waals surface area contributed by atoms with Crippen molar-refractivity contribution in [3.63, 3.8) is 0 Å². The lowest BCUT2D eigenvalue weighted by Crippen LogP contribution is -2.42. The second-order valence-electron chi connectivity index (χ2n) is 6.74. The van der Waals surface area contributed by atoms with Gasteiger partial charge < -0.3 is 15.5 Å². The Morgan fingerprint density at radius 1 is 1.17 bits per heavy atom. The van der Waals surface area contributed by atoms with Crippen LogP contribution in [0.5, 0.6) is 0 Å². The van der Waals surface area contributed by atoms with Crippen LogP contribution in [0.15, 0.2) is 28.7 Å². The molecule has 2 aliphatic heterocycles. The second-order valence-corrected chi connectivity index (χ2v) is 7.59. The molecule has 3 rings (SSSR count). The van der Waals surface area contributed by atoms with Gasteiger partial charge in [-0.3, -0.25) is 4.79 Å². The molecule has 2 aliphatic rings. The SMILES string of the molecule is Cl.O=C(Nc1ccccc1Br)C1CCN(CC2CCNCC2)CC1. The third-order valence-electron chi connectivity index (χ3n) is 5.07. The quantitative estimate of drug-likeness (QED) is 0.789. The highest BCUT2D eigenvalue weighted by atomic mass is 79.9. The van der Waals surface area contributed by atoms with Crippen molar-refractivity contribution in [3.05, 3.63) is 28.7 Å². The van der Waals surface area contributed by atoms with Gasteiger partial charge in [0.25, 0.3) is 0 Å². The fraction of sp³-hybridized carbons (Fsp3) is 0.611. The van der Waals surface area contributed by atoms with Crippen molar-refractivity contribution >= 4 is 39.9 Å². The second kappa shape index (κ2) is 9.76. The van der Waals surface area contributed by atoms with Crippen LogP contribution in [0.4, 0.5) is 5.69 Å². The molecular weight excluding hydrogens is 390 g/mol. The number of benzene rings is 1. The molecule has 6 heteroatoms. The van der Waals surface area contributed by atoms with Gasteiger partial charge in [0.05, 0.1) is 5.69 Å². The number of carbonyl (C=O) groups is 1. The number of nitrogens with one attached hydrogen (secondary N) is 2. The zero-order valence-electron chi connectivity index (χ0n) is 14.0. The van der Waals surface area contributed by atoms with Crippen molar-refractivity contribution in [1.29, 1.82) is 0 Å². The molecule has 0 unspecified atom stereocenters. The predicted octanol–water partition coefficient (Wildman–Crippen LogP) is 3.52. The third-order valence-corrected chi connectivity index (χ3v) is 5.76. The first-order chi connectivity index (χ1) is 11.2. The highest BCUT2D eigenvalue weighted by Gasteiger charge is 2.26. The van der Waals surface area contributed by atoms with Gasteiger partial charge in [0.2, 0.25) is 5.91 Å². The van der Waals surface area contributed by atoms with Gasteiger partial charge in [0.15, 0.2) is 0 Å². The molecule has 2 fully saturated rings. The number of nitrogens with zero attached hydrogens (tertiary/aromatic N) is 1. The van der Waals surface area contributed by atoms with E-state index in [9.17, 15) is 4.79 Å². The summed E-state index contributed by atoms with van der Waals surface area (Å²) in [6, 6.07) is 7.80. The summed E-state index contributed by atoms with van der Waals surface area (Å²) < 4.78 is 0.941. The molecule has 0 atom stereocenters. The van der Waals surface area contributed by atoms with Gasteiger partial charge in [-0.2, -0.15) is 0 Å². The van der Waals surface area contributed by atoms with Crippen LogP contribution in [0, 0.1) is 11.8 Å². The van der Waals surface area contributed by atoms with Crippen molar-refractivity contribution in [1.82, 2.24) is 10.2 Å². The fourth-order valence-corrected chi connectivity index (χ4v) is 3.99. The molecule has 0 aliphatic carbocycles. The van der Waals surface area contributed by atoms with Crippen molar-refractivity contribution in [2.24, 2.45) is 11.8 Å². The van der Waals surface area contributed by atoms with Crippen molar-refractivity contribution < 1.29 is 4.79 Å². The van der Waals surface area contributed by atoms with E-state index >= 15 is 0 Å². The molecule has 0 radical (unpaired) electrons. The van der Waals surface area contributed by atoms with E-state index in [4.69, 9.17) is 0 Å². The number of rotatable bonds is 4. The average molecular weight is 417 g/mol. The minimum atomic E-state index is 0. The molecule has 0 saturated carbocycles. The molecule has 2 N–H and O–H groups in total. The maximum Gasteiger partial charge on any atom is 0.227 e. The van der Waals surface area contributed by atoms with E-state index in [-0.39, 0.29) is 24.2 Å². The summed E-state index contributed by atoms with van der Waals surface area (Å²) in [6.45, 7) is 5.64. The molecule has 1 aromatic carbocycles. The molecule has 4 nitrogen and oxygen atoms in total. The molecule has 0 bridgehead atoms. The van der Waals surface area contributed by atoms with Gasteiger partial charge in [-0.25, -0.2) is 0 Å². The number of hydrogen-bond acceptors (Lipinski definition) is 3. The van der Waals surface area contributed by atoms with E-state index < -0.39 is 0 Å². The Morgan fingerprint density at radius 2 is 1.83 bits per heavy atom. The third kappa shape index (κ3) is 5.45. The van der Waals surface area contributed by atoms with E-state index in [1.165, 1.54) is 19.4 Å². The van der Waals surface area contributed by atoms with Crippen LogP contribution in [-0.4, -0.2) is 43.5 Å². The Labute approximate surface area is 159 Å². The fourth-order valence-electron chi connectivity index (χ4n) is 3.60. The first-order valence-corrected chi connectivity index (χ1v) is 9.50. The maximum absolute atomic E-state index is 12.5. The summed E-state index contributed by atoms with van der Waals surface area (Å²) in [5.74, 6) is 1.15. The summed E-state index contributed by atoms with van der Waals surface area (Å²) in [6.07, 6.45) is 4.54. The Morgan fingerprint density at radius 3 is 2.50 bits per heavy atom. The summed E-state index contributed by atoms with van der Waals surface area (Å²) in [4.78, 5) is 15.0. The van der Waals surface area contributed by atoms with Crippen LogP contribution in [0.2, 0.25) is 0 Å². The number of amides is 1. The highest BCUT2D eigenvalue weighted by Crippen LogP contribution is 2.25. The summed E-state index contributed by atoms with van der Waals surface area (Å²) in [7, 11) is 0. The van der Waals surface area contributed by atoms with Gasteiger partial charge in [-0.15, -0.1) is 12.4 Å². The minimum Gasteiger partial charge on any atom is -0.325 e. The number of halogens is 2. The standard InChI is InChI=1S/C18H26BrN3O.ClH/c19-16-3-1-2-4-17(16)21-18(23)15-7-11-22(12-8-15)13-14-5-9-20-10-6-14;/h1-4,14-15,20H,5-13H2,(H,21,23);1H. The number of para-hydroxylation sites is 1. The smallest absolute Gasteiger partial charge is 0.227 e. The molecule has 0 aromatic heterocycles. The molecule has 1 aromatic rings. The molecule has 2 saturated heterocycles. The predicted molar refractivity (Wildman–Crippen MR) is 105 cm³/mol. The molecule has 24 heavy (non-hydrogen) atoms. The average Bonchev–Trinajstić information content (AvgIpc) is 2.58. The topological polar surface area (TPSA) is 44.4 Å². The Hall–Kier alpha value is -0.620. The van der Waals surface area contributed by atoms with Gasteiger partial charge in [-0.05, 0) is 85.8 Å². The largest absolute Gasteiger partial charge is 0.325 e. The van der Waals surface area contributed by atoms with Crippen LogP contribution >= 0.6 is 28.3 Å². The summed E-state index contributed by atoms with van der Waals surface area (Å²) >= 11 is 3.49.